The van der Waals surface area contributed by atoms with Gasteiger partial charge in [-0.2, -0.15) is 0 Å². The average molecular weight is 298 g/mol. The normalized spacial score (nSPS) is 10.8. The van der Waals surface area contributed by atoms with Crippen LogP contribution in [0.3, 0.4) is 0 Å². The zero-order valence-corrected chi connectivity index (χ0v) is 13.7. The minimum atomic E-state index is -0.448. The standard InChI is InChI=1S/C16H30N2O3/c1-5-12-17-14(19)11-9-7-6-8-10-13-18-15(20)21-16(2,3)4/h5H,1,6-13H2,2-4H3,(H,17,19)(H,18,20). The van der Waals surface area contributed by atoms with Crippen molar-refractivity contribution in [3.05, 3.63) is 12.7 Å². The Balaban J connectivity index is 3.35. The first-order chi connectivity index (χ1) is 9.85. The number of carbonyl (C=O) groups is 2. The predicted octanol–water partition coefficient (Wildman–Crippen LogP) is 3.15. The van der Waals surface area contributed by atoms with Crippen LogP contribution in [0.2, 0.25) is 0 Å². The van der Waals surface area contributed by atoms with Crippen LogP contribution in [-0.4, -0.2) is 30.7 Å². The molecule has 0 rings (SSSR count). The quantitative estimate of drug-likeness (QED) is 0.481. The Morgan fingerprint density at radius 1 is 1.05 bits per heavy atom. The van der Waals surface area contributed by atoms with E-state index in [0.29, 0.717) is 19.5 Å². The fourth-order valence-electron chi connectivity index (χ4n) is 1.72. The number of hydrogen-bond acceptors (Lipinski definition) is 3. The molecule has 0 radical (unpaired) electrons. The molecular weight excluding hydrogens is 268 g/mol. The van der Waals surface area contributed by atoms with Crippen molar-refractivity contribution in [3.8, 4) is 0 Å². The first kappa shape index (κ1) is 19.5. The summed E-state index contributed by atoms with van der Waals surface area (Å²) in [7, 11) is 0. The molecule has 0 aliphatic rings. The van der Waals surface area contributed by atoms with Crippen molar-refractivity contribution in [2.75, 3.05) is 13.1 Å². The minimum Gasteiger partial charge on any atom is -0.444 e. The average Bonchev–Trinajstić information content (AvgIpc) is 2.37. The van der Waals surface area contributed by atoms with E-state index in [1.807, 2.05) is 20.8 Å². The van der Waals surface area contributed by atoms with E-state index in [1.54, 1.807) is 6.08 Å². The molecule has 0 aliphatic heterocycles. The summed E-state index contributed by atoms with van der Waals surface area (Å²) in [5.74, 6) is 0.0847. The maximum atomic E-state index is 11.4. The van der Waals surface area contributed by atoms with Crippen LogP contribution in [0.15, 0.2) is 12.7 Å². The zero-order chi connectivity index (χ0) is 16.1. The van der Waals surface area contributed by atoms with Gasteiger partial charge in [-0.25, -0.2) is 4.79 Å². The van der Waals surface area contributed by atoms with E-state index in [9.17, 15) is 9.59 Å². The van der Waals surface area contributed by atoms with Crippen molar-refractivity contribution in [3.63, 3.8) is 0 Å². The van der Waals surface area contributed by atoms with Gasteiger partial charge in [-0.3, -0.25) is 4.79 Å². The second kappa shape index (κ2) is 11.2. The highest BCUT2D eigenvalue weighted by molar-refractivity contribution is 5.75. The summed E-state index contributed by atoms with van der Waals surface area (Å²) in [6.45, 7) is 10.3. The molecule has 0 atom stereocenters. The second-order valence-electron chi connectivity index (χ2n) is 6.04. The number of ether oxygens (including phenoxy) is 1. The summed E-state index contributed by atoms with van der Waals surface area (Å²) in [6.07, 6.45) is 6.88. The second-order valence-corrected chi connectivity index (χ2v) is 6.04. The third-order valence-electron chi connectivity index (χ3n) is 2.69. The molecule has 0 spiro atoms. The molecule has 0 saturated heterocycles. The Hall–Kier alpha value is -1.52. The molecular formula is C16H30N2O3. The molecule has 0 aliphatic carbocycles. The van der Waals surface area contributed by atoms with Gasteiger partial charge in [0.05, 0.1) is 0 Å². The van der Waals surface area contributed by atoms with Gasteiger partial charge in [-0.1, -0.05) is 25.3 Å². The van der Waals surface area contributed by atoms with Crippen LogP contribution in [0.25, 0.3) is 0 Å². The highest BCUT2D eigenvalue weighted by Crippen LogP contribution is 2.07. The maximum Gasteiger partial charge on any atom is 0.407 e. The Kier molecular flexibility index (Phi) is 10.4. The largest absolute Gasteiger partial charge is 0.444 e. The molecule has 21 heavy (non-hydrogen) atoms. The van der Waals surface area contributed by atoms with Gasteiger partial charge < -0.3 is 15.4 Å². The van der Waals surface area contributed by atoms with Crippen molar-refractivity contribution in [1.29, 1.82) is 0 Å². The van der Waals surface area contributed by atoms with Crippen LogP contribution < -0.4 is 10.6 Å². The van der Waals surface area contributed by atoms with Gasteiger partial charge in [0.2, 0.25) is 5.91 Å². The lowest BCUT2D eigenvalue weighted by Gasteiger charge is -2.19. The lowest BCUT2D eigenvalue weighted by Crippen LogP contribution is -2.32. The van der Waals surface area contributed by atoms with Gasteiger partial charge in [-0.15, -0.1) is 6.58 Å². The molecule has 0 fully saturated rings. The molecule has 0 aromatic heterocycles. The number of hydrogen-bond donors (Lipinski definition) is 2. The highest BCUT2D eigenvalue weighted by Gasteiger charge is 2.15. The molecule has 0 aromatic carbocycles. The topological polar surface area (TPSA) is 67.4 Å². The number of nitrogens with one attached hydrogen (secondary N) is 2. The smallest absolute Gasteiger partial charge is 0.407 e. The lowest BCUT2D eigenvalue weighted by atomic mass is 10.1. The fraction of sp³-hybridized carbons (Fsp3) is 0.750. The van der Waals surface area contributed by atoms with E-state index >= 15 is 0 Å². The van der Waals surface area contributed by atoms with Gasteiger partial charge in [0.15, 0.2) is 0 Å². The van der Waals surface area contributed by atoms with E-state index in [0.717, 1.165) is 32.1 Å². The predicted molar refractivity (Wildman–Crippen MR) is 85.1 cm³/mol. The summed E-state index contributed by atoms with van der Waals surface area (Å²) in [5.41, 5.74) is -0.448. The maximum absolute atomic E-state index is 11.4. The first-order valence-corrected chi connectivity index (χ1v) is 7.69. The van der Waals surface area contributed by atoms with Crippen molar-refractivity contribution in [1.82, 2.24) is 10.6 Å². The van der Waals surface area contributed by atoms with Gasteiger partial charge in [0.1, 0.15) is 5.60 Å². The van der Waals surface area contributed by atoms with Gasteiger partial charge in [-0.05, 0) is 33.6 Å². The van der Waals surface area contributed by atoms with E-state index in [1.165, 1.54) is 0 Å². The number of amides is 2. The molecule has 5 nitrogen and oxygen atoms in total. The van der Waals surface area contributed by atoms with E-state index in [-0.39, 0.29) is 12.0 Å². The molecule has 0 bridgehead atoms. The van der Waals surface area contributed by atoms with Crippen molar-refractivity contribution >= 4 is 12.0 Å². The SMILES string of the molecule is C=CCNC(=O)CCCCCCCNC(=O)OC(C)(C)C. The van der Waals surface area contributed by atoms with Crippen LogP contribution in [0, 0.1) is 0 Å². The van der Waals surface area contributed by atoms with Gasteiger partial charge in [0, 0.05) is 19.5 Å². The van der Waals surface area contributed by atoms with Crippen LogP contribution in [0.5, 0.6) is 0 Å². The number of rotatable bonds is 10. The third kappa shape index (κ3) is 14.7. The summed E-state index contributed by atoms with van der Waals surface area (Å²) in [6, 6.07) is 0. The molecule has 2 N–H and O–H groups in total. The number of unbranched alkanes of at least 4 members (excludes halogenated alkanes) is 4. The summed E-state index contributed by atoms with van der Waals surface area (Å²) >= 11 is 0. The van der Waals surface area contributed by atoms with Crippen LogP contribution in [0.1, 0.15) is 59.3 Å². The minimum absolute atomic E-state index is 0.0847. The lowest BCUT2D eigenvalue weighted by molar-refractivity contribution is -0.121. The number of carbonyl (C=O) groups excluding carboxylic acids is 2. The Morgan fingerprint density at radius 3 is 2.29 bits per heavy atom. The first-order valence-electron chi connectivity index (χ1n) is 7.69. The summed E-state index contributed by atoms with van der Waals surface area (Å²) in [5, 5.41) is 5.49. The zero-order valence-electron chi connectivity index (χ0n) is 13.7. The number of alkyl carbamates (subject to hydrolysis) is 1. The molecule has 0 saturated carbocycles. The molecule has 0 aromatic rings. The highest BCUT2D eigenvalue weighted by atomic mass is 16.6. The van der Waals surface area contributed by atoms with Gasteiger partial charge in [0.25, 0.3) is 0 Å². The van der Waals surface area contributed by atoms with Crippen molar-refractivity contribution < 1.29 is 14.3 Å². The molecule has 5 heteroatoms. The van der Waals surface area contributed by atoms with E-state index < -0.39 is 5.60 Å². The Bertz CT molecular complexity index is 322. The van der Waals surface area contributed by atoms with E-state index in [4.69, 9.17) is 4.74 Å². The molecule has 0 heterocycles. The van der Waals surface area contributed by atoms with Crippen LogP contribution >= 0.6 is 0 Å². The third-order valence-corrected chi connectivity index (χ3v) is 2.69. The summed E-state index contributed by atoms with van der Waals surface area (Å²) in [4.78, 5) is 22.7. The fourth-order valence-corrected chi connectivity index (χ4v) is 1.72. The molecule has 2 amide bonds. The van der Waals surface area contributed by atoms with E-state index in [2.05, 4.69) is 17.2 Å². The Morgan fingerprint density at radius 2 is 1.67 bits per heavy atom. The van der Waals surface area contributed by atoms with Crippen LogP contribution in [0.4, 0.5) is 4.79 Å². The Labute approximate surface area is 128 Å². The molecule has 0 unspecified atom stereocenters. The summed E-state index contributed by atoms with van der Waals surface area (Å²) < 4.78 is 5.14. The van der Waals surface area contributed by atoms with Gasteiger partial charge >= 0.3 is 6.09 Å². The van der Waals surface area contributed by atoms with Crippen LogP contribution in [-0.2, 0) is 9.53 Å². The van der Waals surface area contributed by atoms with Crippen molar-refractivity contribution in [2.45, 2.75) is 64.9 Å². The monoisotopic (exact) mass is 298 g/mol. The van der Waals surface area contributed by atoms with Crippen molar-refractivity contribution in [2.24, 2.45) is 0 Å². The molecule has 122 valence electrons.